The lowest BCUT2D eigenvalue weighted by Gasteiger charge is -2.28. The molecule has 1 heterocycles. The molecule has 2 unspecified atom stereocenters. The summed E-state index contributed by atoms with van der Waals surface area (Å²) in [6, 6.07) is 0. The first kappa shape index (κ1) is 8.20. The second-order valence-corrected chi connectivity index (χ2v) is 3.08. The molecule has 1 saturated heterocycles. The zero-order valence-electron chi connectivity index (χ0n) is 6.70. The molecule has 62 valence electrons. The summed E-state index contributed by atoms with van der Waals surface area (Å²) in [7, 11) is 0. The Bertz CT molecular complexity index is 183. The maximum absolute atomic E-state index is 11.1. The summed E-state index contributed by atoms with van der Waals surface area (Å²) in [6.07, 6.45) is 0.616. The van der Waals surface area contributed by atoms with Crippen molar-refractivity contribution in [2.75, 3.05) is 0 Å². The summed E-state index contributed by atoms with van der Waals surface area (Å²) in [5.41, 5.74) is 0. The van der Waals surface area contributed by atoms with Crippen LogP contribution in [0.4, 0.5) is 0 Å². The van der Waals surface area contributed by atoms with Gasteiger partial charge >= 0.3 is 0 Å². The van der Waals surface area contributed by atoms with Gasteiger partial charge in [-0.2, -0.15) is 0 Å². The van der Waals surface area contributed by atoms with E-state index in [1.54, 1.807) is 13.8 Å². The highest BCUT2D eigenvalue weighted by molar-refractivity contribution is 5.98. The Morgan fingerprint density at radius 3 is 2.00 bits per heavy atom. The van der Waals surface area contributed by atoms with E-state index in [0.717, 1.165) is 5.01 Å². The molecule has 1 fully saturated rings. The molecule has 2 atom stereocenters. The van der Waals surface area contributed by atoms with E-state index in [-0.39, 0.29) is 23.7 Å². The Hall–Kier alpha value is -0.900. The zero-order valence-corrected chi connectivity index (χ0v) is 6.70. The number of hydrogen-bond donors (Lipinski definition) is 1. The summed E-state index contributed by atoms with van der Waals surface area (Å²) in [5.74, 6) is 4.46. The minimum atomic E-state index is -0.270. The number of nitrogens with two attached hydrogens (primary N) is 1. The third-order valence-corrected chi connectivity index (χ3v) is 2.03. The van der Waals surface area contributed by atoms with Crippen LogP contribution in [0.5, 0.6) is 0 Å². The summed E-state index contributed by atoms with van der Waals surface area (Å²) in [6.45, 7) is 3.57. The summed E-state index contributed by atoms with van der Waals surface area (Å²) in [4.78, 5) is 22.1. The standard InChI is InChI=1S/C7H12N2O2/c1-4-3-5(2)7(11)9(8)6(4)10/h4-5H,3,8H2,1-2H3. The van der Waals surface area contributed by atoms with Gasteiger partial charge in [-0.05, 0) is 6.42 Å². The highest BCUT2D eigenvalue weighted by atomic mass is 16.2. The molecule has 0 aromatic rings. The van der Waals surface area contributed by atoms with E-state index in [9.17, 15) is 9.59 Å². The fourth-order valence-corrected chi connectivity index (χ4v) is 1.32. The van der Waals surface area contributed by atoms with Crippen LogP contribution in [0.2, 0.25) is 0 Å². The average molecular weight is 156 g/mol. The van der Waals surface area contributed by atoms with Gasteiger partial charge in [0.15, 0.2) is 0 Å². The Morgan fingerprint density at radius 2 is 1.64 bits per heavy atom. The number of hydrazine groups is 1. The van der Waals surface area contributed by atoms with Gasteiger partial charge in [0.1, 0.15) is 0 Å². The summed E-state index contributed by atoms with van der Waals surface area (Å²) in [5, 5.41) is 0.735. The van der Waals surface area contributed by atoms with Crippen molar-refractivity contribution in [1.29, 1.82) is 0 Å². The van der Waals surface area contributed by atoms with Gasteiger partial charge in [-0.1, -0.05) is 13.8 Å². The maximum Gasteiger partial charge on any atom is 0.246 e. The third kappa shape index (κ3) is 1.26. The van der Waals surface area contributed by atoms with E-state index in [4.69, 9.17) is 5.84 Å². The van der Waals surface area contributed by atoms with Crippen molar-refractivity contribution in [3.05, 3.63) is 0 Å². The second-order valence-electron chi connectivity index (χ2n) is 3.08. The van der Waals surface area contributed by atoms with Gasteiger partial charge in [-0.3, -0.25) is 9.59 Å². The van der Waals surface area contributed by atoms with Crippen LogP contribution in [0.15, 0.2) is 0 Å². The van der Waals surface area contributed by atoms with Crippen molar-refractivity contribution >= 4 is 11.8 Å². The molecule has 1 aliphatic heterocycles. The molecule has 1 rings (SSSR count). The van der Waals surface area contributed by atoms with Gasteiger partial charge < -0.3 is 0 Å². The molecule has 0 aliphatic carbocycles. The summed E-state index contributed by atoms with van der Waals surface area (Å²) >= 11 is 0. The van der Waals surface area contributed by atoms with E-state index in [1.165, 1.54) is 0 Å². The number of carbonyl (C=O) groups is 2. The van der Waals surface area contributed by atoms with E-state index < -0.39 is 0 Å². The zero-order chi connectivity index (χ0) is 8.59. The van der Waals surface area contributed by atoms with Gasteiger partial charge in [0.2, 0.25) is 11.8 Å². The van der Waals surface area contributed by atoms with Crippen LogP contribution in [0.25, 0.3) is 0 Å². The van der Waals surface area contributed by atoms with Crippen LogP contribution in [-0.4, -0.2) is 16.8 Å². The van der Waals surface area contributed by atoms with Crippen molar-refractivity contribution in [1.82, 2.24) is 5.01 Å². The molecule has 0 spiro atoms. The Balaban J connectivity index is 2.79. The van der Waals surface area contributed by atoms with Crippen molar-refractivity contribution in [2.45, 2.75) is 20.3 Å². The molecule has 0 bridgehead atoms. The molecule has 4 heteroatoms. The second kappa shape index (κ2) is 2.62. The minimum Gasteiger partial charge on any atom is -0.273 e. The van der Waals surface area contributed by atoms with Crippen LogP contribution >= 0.6 is 0 Å². The predicted molar refractivity (Wildman–Crippen MR) is 39.0 cm³/mol. The smallest absolute Gasteiger partial charge is 0.246 e. The first-order valence-corrected chi connectivity index (χ1v) is 3.66. The normalized spacial score (nSPS) is 32.8. The first-order valence-electron chi connectivity index (χ1n) is 3.66. The fraction of sp³-hybridized carbons (Fsp3) is 0.714. The number of amides is 2. The van der Waals surface area contributed by atoms with Gasteiger partial charge in [0, 0.05) is 11.8 Å². The number of hydrogen-bond acceptors (Lipinski definition) is 3. The molecule has 11 heavy (non-hydrogen) atoms. The minimum absolute atomic E-state index is 0.118. The molecule has 0 radical (unpaired) electrons. The number of imide groups is 1. The monoisotopic (exact) mass is 156 g/mol. The molecular weight excluding hydrogens is 144 g/mol. The highest BCUT2D eigenvalue weighted by Gasteiger charge is 2.34. The van der Waals surface area contributed by atoms with Crippen molar-refractivity contribution in [2.24, 2.45) is 17.7 Å². The first-order chi connectivity index (χ1) is 5.04. The van der Waals surface area contributed by atoms with Crippen molar-refractivity contribution in [3.8, 4) is 0 Å². The Kier molecular flexibility index (Phi) is 1.95. The fourth-order valence-electron chi connectivity index (χ4n) is 1.32. The lowest BCUT2D eigenvalue weighted by Crippen LogP contribution is -2.52. The van der Waals surface area contributed by atoms with Gasteiger partial charge in [-0.15, -0.1) is 0 Å². The molecular formula is C7H12N2O2. The van der Waals surface area contributed by atoms with Crippen molar-refractivity contribution < 1.29 is 9.59 Å². The van der Waals surface area contributed by atoms with Gasteiger partial charge in [-0.25, -0.2) is 10.9 Å². The van der Waals surface area contributed by atoms with Crippen LogP contribution in [0, 0.1) is 11.8 Å². The summed E-state index contributed by atoms with van der Waals surface area (Å²) < 4.78 is 0. The lowest BCUT2D eigenvalue weighted by molar-refractivity contribution is -0.155. The van der Waals surface area contributed by atoms with E-state index in [0.29, 0.717) is 6.42 Å². The maximum atomic E-state index is 11.1. The quantitative estimate of drug-likeness (QED) is 0.302. The van der Waals surface area contributed by atoms with E-state index >= 15 is 0 Å². The van der Waals surface area contributed by atoms with E-state index in [2.05, 4.69) is 0 Å². The van der Waals surface area contributed by atoms with Crippen molar-refractivity contribution in [3.63, 3.8) is 0 Å². The molecule has 0 aromatic heterocycles. The average Bonchev–Trinajstić information content (AvgIpc) is 1.97. The molecule has 0 aromatic carbocycles. The number of nitrogens with zero attached hydrogens (tertiary/aromatic N) is 1. The van der Waals surface area contributed by atoms with E-state index in [1.807, 2.05) is 0 Å². The van der Waals surface area contributed by atoms with Crippen LogP contribution in [0.3, 0.4) is 0 Å². The molecule has 2 amide bonds. The van der Waals surface area contributed by atoms with Gasteiger partial charge in [0.25, 0.3) is 0 Å². The molecule has 0 saturated carbocycles. The number of carbonyl (C=O) groups excluding carboxylic acids is 2. The third-order valence-electron chi connectivity index (χ3n) is 2.03. The number of rotatable bonds is 0. The lowest BCUT2D eigenvalue weighted by atomic mass is 9.91. The predicted octanol–water partition coefficient (Wildman–Crippen LogP) is -0.109. The Labute approximate surface area is 65.3 Å². The largest absolute Gasteiger partial charge is 0.273 e. The topological polar surface area (TPSA) is 63.4 Å². The molecule has 4 nitrogen and oxygen atoms in total. The van der Waals surface area contributed by atoms with Crippen LogP contribution in [0.1, 0.15) is 20.3 Å². The number of piperidine rings is 1. The molecule has 2 N–H and O–H groups in total. The Morgan fingerprint density at radius 1 is 1.27 bits per heavy atom. The SMILES string of the molecule is CC1CC(C)C(=O)N(N)C1=O. The van der Waals surface area contributed by atoms with Crippen LogP contribution < -0.4 is 5.84 Å². The van der Waals surface area contributed by atoms with Crippen LogP contribution in [-0.2, 0) is 9.59 Å². The highest BCUT2D eigenvalue weighted by Crippen LogP contribution is 2.20. The molecule has 1 aliphatic rings. The van der Waals surface area contributed by atoms with Gasteiger partial charge in [0.05, 0.1) is 0 Å².